The van der Waals surface area contributed by atoms with E-state index in [2.05, 4.69) is 41.5 Å². The summed E-state index contributed by atoms with van der Waals surface area (Å²) in [4.78, 5) is 26.8. The topological polar surface area (TPSA) is 73.1 Å². The van der Waals surface area contributed by atoms with Gasteiger partial charge in [-0.15, -0.1) is 0 Å². The number of hydrogen-bond acceptors (Lipinski definition) is 5. The zero-order valence-electron chi connectivity index (χ0n) is 26.6. The molecule has 0 N–H and O–H groups in total. The Hall–Kier alpha value is -4.71. The Labute approximate surface area is 257 Å². The number of ether oxygens (including phenoxy) is 3. The van der Waals surface area contributed by atoms with E-state index in [1.54, 1.807) is 26.4 Å². The van der Waals surface area contributed by atoms with Crippen molar-refractivity contribution >= 4 is 17.9 Å². The minimum absolute atomic E-state index is 0.148. The van der Waals surface area contributed by atoms with Crippen molar-refractivity contribution in [3.05, 3.63) is 126 Å². The fourth-order valence-corrected chi connectivity index (χ4v) is 5.11. The lowest BCUT2D eigenvalue weighted by Gasteiger charge is -2.29. The van der Waals surface area contributed by atoms with Crippen molar-refractivity contribution in [2.45, 2.75) is 47.0 Å². The Kier molecular flexibility index (Phi) is 8.21. The zero-order chi connectivity index (χ0) is 31.8. The average molecular weight is 592 g/mol. The highest BCUT2D eigenvalue weighted by atomic mass is 16.5. The monoisotopic (exact) mass is 591 g/mol. The molecular formula is C38H39O6+. The molecule has 44 heavy (non-hydrogen) atoms. The number of hydrogen-bond donors (Lipinski definition) is 0. The van der Waals surface area contributed by atoms with Gasteiger partial charge in [-0.25, -0.2) is 4.42 Å². The van der Waals surface area contributed by atoms with Crippen molar-refractivity contribution in [3.8, 4) is 22.8 Å². The highest BCUT2D eigenvalue weighted by molar-refractivity contribution is 5.70. The molecule has 0 radical (unpaired) electrons. The smallest absolute Gasteiger partial charge is 0.364 e. The molecule has 1 unspecified atom stereocenters. The highest BCUT2D eigenvalue weighted by Crippen LogP contribution is 2.39. The largest absolute Gasteiger partial charge is 0.496 e. The van der Waals surface area contributed by atoms with Gasteiger partial charge in [-0.2, -0.15) is 0 Å². The van der Waals surface area contributed by atoms with Crippen LogP contribution in [0.5, 0.6) is 11.5 Å². The van der Waals surface area contributed by atoms with Crippen LogP contribution < -0.4 is 30.8 Å². The van der Waals surface area contributed by atoms with E-state index in [1.165, 1.54) is 0 Å². The molecule has 0 saturated heterocycles. The predicted molar refractivity (Wildman–Crippen MR) is 176 cm³/mol. The van der Waals surface area contributed by atoms with Gasteiger partial charge in [0.05, 0.1) is 41.7 Å². The van der Waals surface area contributed by atoms with Crippen molar-refractivity contribution in [2.24, 2.45) is 11.3 Å². The molecule has 1 aliphatic heterocycles. The molecule has 0 saturated carbocycles. The molecule has 0 amide bonds. The zero-order valence-corrected chi connectivity index (χ0v) is 26.6. The van der Waals surface area contributed by atoms with E-state index in [9.17, 15) is 9.59 Å². The Morgan fingerprint density at radius 1 is 0.750 bits per heavy atom. The van der Waals surface area contributed by atoms with Crippen LogP contribution in [-0.2, 0) is 10.2 Å². The standard InChI is InChI=1S/C38H39O6/c1-37(2,3)33-21-23(19-31(43-33)25-13-9-11-15-29(25)41-7)17-27-35(39)28(36(27)40)18-24-20-32(44-34(22-24)38(4,5)6)26-14-10-12-16-30(26)42-8/h9-23H,1-8H3/q+1. The molecule has 6 heteroatoms. The van der Waals surface area contributed by atoms with Crippen LogP contribution in [0.4, 0.5) is 0 Å². The van der Waals surface area contributed by atoms with Gasteiger partial charge in [-0.05, 0) is 68.8 Å². The Bertz CT molecular complexity index is 1940. The van der Waals surface area contributed by atoms with Crippen LogP contribution in [0.1, 0.15) is 58.4 Å². The molecule has 5 rings (SSSR count). The summed E-state index contributed by atoms with van der Waals surface area (Å²) in [5.41, 5.74) is 1.13. The molecule has 0 spiro atoms. The van der Waals surface area contributed by atoms with Gasteiger partial charge >= 0.3 is 11.5 Å². The minimum Gasteiger partial charge on any atom is -0.496 e. The van der Waals surface area contributed by atoms with Crippen molar-refractivity contribution in [2.75, 3.05) is 14.2 Å². The molecule has 1 aliphatic rings. The second kappa shape index (κ2) is 11.8. The highest BCUT2D eigenvalue weighted by Gasteiger charge is 2.31. The molecule has 1 aromatic heterocycles. The van der Waals surface area contributed by atoms with Crippen molar-refractivity contribution in [1.82, 2.24) is 0 Å². The maximum atomic E-state index is 13.4. The minimum atomic E-state index is -0.317. The van der Waals surface area contributed by atoms with Crippen molar-refractivity contribution in [1.29, 1.82) is 0 Å². The van der Waals surface area contributed by atoms with E-state index in [1.807, 2.05) is 72.8 Å². The SMILES string of the molecule is COc1ccccc1C1=CC(C=c2c(=O)c(=Cc3cc(-c4ccccc4OC)[o+]c(C(C)(C)C)c3)c2=O)C=C(C(C)(C)C)O1. The van der Waals surface area contributed by atoms with E-state index in [0.717, 1.165) is 22.6 Å². The molecule has 0 bridgehead atoms. The molecule has 226 valence electrons. The Morgan fingerprint density at radius 3 is 1.93 bits per heavy atom. The third kappa shape index (κ3) is 6.16. The number of methoxy groups -OCH3 is 2. The van der Waals surface area contributed by atoms with E-state index in [4.69, 9.17) is 18.6 Å². The Balaban J connectivity index is 1.61. The predicted octanol–water partition coefficient (Wildman–Crippen LogP) is 6.37. The van der Waals surface area contributed by atoms with Gasteiger partial charge < -0.3 is 14.2 Å². The number of rotatable bonds is 6. The summed E-state index contributed by atoms with van der Waals surface area (Å²) in [7, 11) is 3.23. The summed E-state index contributed by atoms with van der Waals surface area (Å²) in [5, 5.41) is 0.319. The van der Waals surface area contributed by atoms with E-state index >= 15 is 0 Å². The molecule has 2 heterocycles. The summed E-state index contributed by atoms with van der Waals surface area (Å²) < 4.78 is 23.7. The second-order valence-corrected chi connectivity index (χ2v) is 13.1. The first-order valence-corrected chi connectivity index (χ1v) is 14.7. The first-order chi connectivity index (χ1) is 20.8. The van der Waals surface area contributed by atoms with E-state index in [0.29, 0.717) is 28.6 Å². The van der Waals surface area contributed by atoms with Crippen LogP contribution in [-0.4, -0.2) is 14.2 Å². The van der Waals surface area contributed by atoms with Gasteiger partial charge in [-0.1, -0.05) is 51.1 Å². The average Bonchev–Trinajstić information content (AvgIpc) is 3.01. The molecule has 6 nitrogen and oxygen atoms in total. The molecular weight excluding hydrogens is 552 g/mol. The van der Waals surface area contributed by atoms with Gasteiger partial charge in [0, 0.05) is 17.4 Å². The van der Waals surface area contributed by atoms with E-state index < -0.39 is 0 Å². The van der Waals surface area contributed by atoms with Gasteiger partial charge in [0.15, 0.2) is 0 Å². The van der Waals surface area contributed by atoms with Crippen LogP contribution in [0.25, 0.3) is 29.2 Å². The van der Waals surface area contributed by atoms with Gasteiger partial charge in [-0.3, -0.25) is 9.59 Å². The fourth-order valence-electron chi connectivity index (χ4n) is 5.11. The number of para-hydroxylation sites is 2. The number of allylic oxidation sites excluding steroid dienone is 3. The maximum Gasteiger partial charge on any atom is 0.364 e. The van der Waals surface area contributed by atoms with Crippen molar-refractivity contribution in [3.63, 3.8) is 0 Å². The fraction of sp³-hybridized carbons (Fsp3) is 0.289. The van der Waals surface area contributed by atoms with E-state index in [-0.39, 0.29) is 38.0 Å². The van der Waals surface area contributed by atoms with Crippen LogP contribution in [0.15, 0.2) is 92.6 Å². The van der Waals surface area contributed by atoms with Crippen molar-refractivity contribution < 1.29 is 18.6 Å². The van der Waals surface area contributed by atoms with Gasteiger partial charge in [0.25, 0.3) is 0 Å². The third-order valence-corrected chi connectivity index (χ3v) is 7.59. The normalized spacial score (nSPS) is 15.2. The van der Waals surface area contributed by atoms with Crippen LogP contribution in [0, 0.1) is 11.3 Å². The van der Waals surface area contributed by atoms with Gasteiger partial charge in [0.1, 0.15) is 28.6 Å². The molecule has 0 fully saturated rings. The summed E-state index contributed by atoms with van der Waals surface area (Å²) >= 11 is 0. The maximum absolute atomic E-state index is 13.4. The van der Waals surface area contributed by atoms with Gasteiger partial charge in [0.2, 0.25) is 10.9 Å². The van der Waals surface area contributed by atoms with Crippen LogP contribution in [0.3, 0.4) is 0 Å². The molecule has 3 aromatic carbocycles. The third-order valence-electron chi connectivity index (χ3n) is 7.59. The lowest BCUT2D eigenvalue weighted by atomic mass is 9.88. The lowest BCUT2D eigenvalue weighted by molar-refractivity contribution is 0.256. The first kappa shape index (κ1) is 30.7. The summed E-state index contributed by atoms with van der Waals surface area (Å²) in [5.74, 6) is 3.72. The quantitative estimate of drug-likeness (QED) is 0.243. The summed E-state index contributed by atoms with van der Waals surface area (Å²) in [6.45, 7) is 12.3. The van der Waals surface area contributed by atoms with Crippen LogP contribution >= 0.6 is 0 Å². The molecule has 4 aromatic rings. The second-order valence-electron chi connectivity index (χ2n) is 13.1. The van der Waals surface area contributed by atoms with Crippen LogP contribution in [0.2, 0.25) is 0 Å². The molecule has 0 aliphatic carbocycles. The Morgan fingerprint density at radius 2 is 1.34 bits per heavy atom. The summed E-state index contributed by atoms with van der Waals surface area (Å²) in [6.07, 6.45) is 7.26. The first-order valence-electron chi connectivity index (χ1n) is 14.7. The number of benzene rings is 2. The summed E-state index contributed by atoms with van der Waals surface area (Å²) in [6, 6.07) is 18.9. The molecule has 1 atom stereocenters. The lowest BCUT2D eigenvalue weighted by Crippen LogP contribution is -2.64.